The third-order valence-electron chi connectivity index (χ3n) is 5.71. The van der Waals surface area contributed by atoms with Crippen molar-refractivity contribution >= 4 is 11.8 Å². The van der Waals surface area contributed by atoms with Crippen LogP contribution in [0.4, 0.5) is 0 Å². The number of nitrogens with zero attached hydrogens (tertiary/aromatic N) is 3. The fourth-order valence-electron chi connectivity index (χ4n) is 4.05. The van der Waals surface area contributed by atoms with Gasteiger partial charge in [-0.15, -0.1) is 0 Å². The summed E-state index contributed by atoms with van der Waals surface area (Å²) in [5.41, 5.74) is 1.06. The summed E-state index contributed by atoms with van der Waals surface area (Å²) >= 11 is 0. The van der Waals surface area contributed by atoms with E-state index in [0.29, 0.717) is 42.6 Å². The van der Waals surface area contributed by atoms with E-state index in [0.717, 1.165) is 32.1 Å². The van der Waals surface area contributed by atoms with Crippen LogP contribution in [0.5, 0.6) is 5.75 Å². The van der Waals surface area contributed by atoms with Crippen molar-refractivity contribution in [2.24, 2.45) is 5.92 Å². The maximum atomic E-state index is 13.3. The molecule has 0 fully saturated rings. The molecule has 2 heterocycles. The van der Waals surface area contributed by atoms with E-state index in [2.05, 4.69) is 23.8 Å². The fraction of sp³-hybridized carbons (Fsp3) is 0.542. The average Bonchev–Trinajstić information content (AvgIpc) is 3.29. The number of carbonyl (C=O) groups excluding carboxylic acids is 2. The van der Waals surface area contributed by atoms with Crippen molar-refractivity contribution < 1.29 is 14.3 Å². The number of nitrogens with one attached hydrogen (secondary N) is 1. The van der Waals surface area contributed by atoms with E-state index in [4.69, 9.17) is 4.74 Å². The van der Waals surface area contributed by atoms with Crippen LogP contribution in [-0.2, 0) is 0 Å². The first kappa shape index (κ1) is 22.8. The van der Waals surface area contributed by atoms with Crippen LogP contribution in [0.25, 0.3) is 0 Å². The van der Waals surface area contributed by atoms with Gasteiger partial charge in [-0.1, -0.05) is 38.8 Å². The Morgan fingerprint density at radius 1 is 1.19 bits per heavy atom. The molecule has 1 aliphatic rings. The predicted molar refractivity (Wildman–Crippen MR) is 120 cm³/mol. The third-order valence-corrected chi connectivity index (χ3v) is 5.71. The number of para-hydroxylation sites is 1. The van der Waals surface area contributed by atoms with Crippen LogP contribution in [0.15, 0.2) is 36.8 Å². The van der Waals surface area contributed by atoms with Crippen LogP contribution >= 0.6 is 0 Å². The summed E-state index contributed by atoms with van der Waals surface area (Å²) in [6, 6.07) is 7.28. The first-order valence-electron chi connectivity index (χ1n) is 11.2. The van der Waals surface area contributed by atoms with E-state index in [-0.39, 0.29) is 17.9 Å². The van der Waals surface area contributed by atoms with E-state index in [1.54, 1.807) is 11.1 Å². The first-order valence-corrected chi connectivity index (χ1v) is 11.2. The molecule has 31 heavy (non-hydrogen) atoms. The van der Waals surface area contributed by atoms with Gasteiger partial charge in [-0.2, -0.15) is 0 Å². The van der Waals surface area contributed by atoms with Gasteiger partial charge in [0.2, 0.25) is 0 Å². The SMILES string of the molecule is CC(C)C[C@H]1COc2ccccc2C(=O)N(C)CCCCCCN1C(=O)c1cnc[nH]1. The Kier molecular flexibility index (Phi) is 8.09. The van der Waals surface area contributed by atoms with Crippen LogP contribution in [0.3, 0.4) is 0 Å². The minimum atomic E-state index is -0.0976. The van der Waals surface area contributed by atoms with Crippen molar-refractivity contribution in [3.05, 3.63) is 48.0 Å². The number of imidazole rings is 1. The number of amides is 2. The molecule has 1 N–H and O–H groups in total. The van der Waals surface area contributed by atoms with Crippen molar-refractivity contribution in [3.8, 4) is 5.75 Å². The Morgan fingerprint density at radius 2 is 1.94 bits per heavy atom. The molecular weight excluding hydrogens is 392 g/mol. The summed E-state index contributed by atoms with van der Waals surface area (Å²) < 4.78 is 6.20. The zero-order valence-corrected chi connectivity index (χ0v) is 18.8. The van der Waals surface area contributed by atoms with Gasteiger partial charge in [-0.25, -0.2) is 4.98 Å². The molecule has 0 saturated carbocycles. The fourth-order valence-corrected chi connectivity index (χ4v) is 4.05. The Balaban J connectivity index is 1.90. The zero-order chi connectivity index (χ0) is 22.2. The monoisotopic (exact) mass is 426 g/mol. The highest BCUT2D eigenvalue weighted by Gasteiger charge is 2.28. The summed E-state index contributed by atoms with van der Waals surface area (Å²) in [4.78, 5) is 36.9. The predicted octanol–water partition coefficient (Wildman–Crippen LogP) is 3.99. The van der Waals surface area contributed by atoms with Gasteiger partial charge >= 0.3 is 0 Å². The lowest BCUT2D eigenvalue weighted by Crippen LogP contribution is -2.45. The molecule has 1 atom stereocenters. The molecule has 0 bridgehead atoms. The molecule has 3 rings (SSSR count). The van der Waals surface area contributed by atoms with Crippen molar-refractivity contribution in [1.82, 2.24) is 19.8 Å². The quantitative estimate of drug-likeness (QED) is 0.805. The molecule has 1 aromatic carbocycles. The van der Waals surface area contributed by atoms with E-state index in [1.807, 2.05) is 36.2 Å². The number of rotatable bonds is 3. The molecular formula is C24H34N4O3. The number of fused-ring (bicyclic) bond motifs is 1. The number of ether oxygens (including phenoxy) is 1. The largest absolute Gasteiger partial charge is 0.491 e. The van der Waals surface area contributed by atoms with Crippen molar-refractivity contribution in [2.75, 3.05) is 26.7 Å². The van der Waals surface area contributed by atoms with Gasteiger partial charge in [-0.3, -0.25) is 9.59 Å². The zero-order valence-electron chi connectivity index (χ0n) is 18.8. The van der Waals surface area contributed by atoms with Gasteiger partial charge in [0.15, 0.2) is 0 Å². The number of hydrogen-bond donors (Lipinski definition) is 1. The molecule has 0 aliphatic carbocycles. The van der Waals surface area contributed by atoms with Crippen molar-refractivity contribution in [3.63, 3.8) is 0 Å². The maximum absolute atomic E-state index is 13.3. The van der Waals surface area contributed by atoms with Crippen LogP contribution < -0.4 is 4.74 Å². The molecule has 7 nitrogen and oxygen atoms in total. The number of hydrogen-bond acceptors (Lipinski definition) is 4. The molecule has 0 saturated heterocycles. The molecule has 2 amide bonds. The van der Waals surface area contributed by atoms with Gasteiger partial charge in [0.05, 0.1) is 24.1 Å². The minimum absolute atomic E-state index is 0.0292. The lowest BCUT2D eigenvalue weighted by Gasteiger charge is -2.33. The standard InChI is InChI=1S/C24H34N4O3/c1-18(2)14-19-16-31-22-11-7-6-10-20(22)23(29)27(3)12-8-4-5-9-13-28(19)24(30)21-15-25-17-26-21/h6-7,10-11,15,17-19H,4-5,8-9,12-14,16H2,1-3H3,(H,25,26)/t19-/m0/s1. The van der Waals surface area contributed by atoms with E-state index < -0.39 is 0 Å². The second-order valence-corrected chi connectivity index (χ2v) is 8.70. The Bertz CT molecular complexity index is 850. The summed E-state index contributed by atoms with van der Waals surface area (Å²) in [5.74, 6) is 0.882. The molecule has 0 radical (unpaired) electrons. The van der Waals surface area contributed by atoms with Gasteiger partial charge in [0, 0.05) is 20.1 Å². The number of benzene rings is 1. The highest BCUT2D eigenvalue weighted by atomic mass is 16.5. The number of H-pyrrole nitrogens is 1. The lowest BCUT2D eigenvalue weighted by molar-refractivity contribution is 0.0562. The van der Waals surface area contributed by atoms with Gasteiger partial charge in [0.1, 0.15) is 18.1 Å². The van der Waals surface area contributed by atoms with Crippen LogP contribution in [0, 0.1) is 5.92 Å². The summed E-state index contributed by atoms with van der Waals surface area (Å²) in [6.07, 6.45) is 7.82. The van der Waals surface area contributed by atoms with E-state index in [1.165, 1.54) is 6.33 Å². The highest BCUT2D eigenvalue weighted by Crippen LogP contribution is 2.23. The topological polar surface area (TPSA) is 78.5 Å². The maximum Gasteiger partial charge on any atom is 0.272 e. The summed E-state index contributed by atoms with van der Waals surface area (Å²) in [5, 5.41) is 0. The third kappa shape index (κ3) is 6.09. The first-order chi connectivity index (χ1) is 15.0. The smallest absolute Gasteiger partial charge is 0.272 e. The summed E-state index contributed by atoms with van der Waals surface area (Å²) in [7, 11) is 1.84. The Hall–Kier alpha value is -2.83. The molecule has 1 aromatic heterocycles. The molecule has 168 valence electrons. The van der Waals surface area contributed by atoms with E-state index in [9.17, 15) is 9.59 Å². The molecule has 2 aromatic rings. The summed E-state index contributed by atoms with van der Waals surface area (Å²) in [6.45, 7) is 6.02. The lowest BCUT2D eigenvalue weighted by atomic mass is 10.0. The second kappa shape index (κ2) is 11.0. The van der Waals surface area contributed by atoms with Crippen LogP contribution in [-0.4, -0.2) is 64.4 Å². The number of aromatic amines is 1. The second-order valence-electron chi connectivity index (χ2n) is 8.70. The van der Waals surface area contributed by atoms with E-state index >= 15 is 0 Å². The van der Waals surface area contributed by atoms with Crippen LogP contribution in [0.2, 0.25) is 0 Å². The number of carbonyl (C=O) groups is 2. The van der Waals surface area contributed by atoms with Gasteiger partial charge in [-0.05, 0) is 37.3 Å². The van der Waals surface area contributed by atoms with Crippen LogP contribution in [0.1, 0.15) is 66.8 Å². The van der Waals surface area contributed by atoms with Gasteiger partial charge < -0.3 is 19.5 Å². The molecule has 1 aliphatic heterocycles. The Labute approximate surface area is 184 Å². The normalized spacial score (nSPS) is 19.0. The van der Waals surface area contributed by atoms with Crippen molar-refractivity contribution in [2.45, 2.75) is 52.0 Å². The van der Waals surface area contributed by atoms with Gasteiger partial charge in [0.25, 0.3) is 11.8 Å². The molecule has 0 spiro atoms. The number of aromatic nitrogens is 2. The van der Waals surface area contributed by atoms with Crippen molar-refractivity contribution in [1.29, 1.82) is 0 Å². The molecule has 0 unspecified atom stereocenters. The molecule has 7 heteroatoms. The minimum Gasteiger partial charge on any atom is -0.491 e. The Morgan fingerprint density at radius 3 is 2.65 bits per heavy atom. The highest BCUT2D eigenvalue weighted by molar-refractivity contribution is 5.96. The average molecular weight is 427 g/mol.